The third-order valence-corrected chi connectivity index (χ3v) is 3.76. The van der Waals surface area contributed by atoms with Crippen LogP contribution < -0.4 is 16.0 Å². The van der Waals surface area contributed by atoms with Crippen molar-refractivity contribution in [1.82, 2.24) is 0 Å². The number of aryl methyl sites for hydroxylation is 3. The molecule has 0 aliphatic rings. The molecule has 2 rings (SSSR count). The molecule has 24 heavy (non-hydrogen) atoms. The van der Waals surface area contributed by atoms with E-state index in [-0.39, 0.29) is 24.0 Å². The van der Waals surface area contributed by atoms with Gasteiger partial charge in [-0.1, -0.05) is 12.1 Å². The van der Waals surface area contributed by atoms with Crippen LogP contribution in [0.4, 0.5) is 11.4 Å². The Balaban J connectivity index is 0.00000288. The maximum atomic E-state index is 6.01. The third kappa shape index (κ3) is 5.70. The Labute approximate surface area is 162 Å². The van der Waals surface area contributed by atoms with Crippen LogP contribution in [0, 0.1) is 20.8 Å². The van der Waals surface area contributed by atoms with Crippen molar-refractivity contribution in [2.45, 2.75) is 27.3 Å². The summed E-state index contributed by atoms with van der Waals surface area (Å²) in [5.41, 5.74) is 13.0. The van der Waals surface area contributed by atoms with Crippen LogP contribution in [-0.4, -0.2) is 20.1 Å². The van der Waals surface area contributed by atoms with Crippen LogP contribution in [-0.2, 0) is 6.54 Å². The van der Waals surface area contributed by atoms with Gasteiger partial charge in [-0.05, 0) is 67.3 Å². The fraction of sp³-hybridized carbons (Fsp3) is 0.316. The maximum Gasteiger partial charge on any atom is 0.193 e. The minimum Gasteiger partial charge on any atom is -0.378 e. The molecule has 0 radical (unpaired) electrons. The van der Waals surface area contributed by atoms with E-state index in [0.29, 0.717) is 12.5 Å². The van der Waals surface area contributed by atoms with E-state index in [9.17, 15) is 0 Å². The molecule has 0 saturated carbocycles. The number of hydrogen-bond acceptors (Lipinski definition) is 2. The Morgan fingerprint density at radius 1 is 1.04 bits per heavy atom. The van der Waals surface area contributed by atoms with Crippen molar-refractivity contribution >= 4 is 41.3 Å². The summed E-state index contributed by atoms with van der Waals surface area (Å²) in [7, 11) is 4.08. The Morgan fingerprint density at radius 2 is 1.67 bits per heavy atom. The molecule has 3 N–H and O–H groups in total. The normalized spacial score (nSPS) is 11.0. The van der Waals surface area contributed by atoms with Crippen molar-refractivity contribution in [3.05, 3.63) is 58.7 Å². The van der Waals surface area contributed by atoms with Crippen molar-refractivity contribution in [2.75, 3.05) is 24.3 Å². The minimum atomic E-state index is 0. The molecule has 0 saturated heterocycles. The van der Waals surface area contributed by atoms with Gasteiger partial charge in [0.15, 0.2) is 5.96 Å². The summed E-state index contributed by atoms with van der Waals surface area (Å²) in [5, 5.41) is 3.16. The number of aliphatic imine (C=N–C) groups is 1. The van der Waals surface area contributed by atoms with E-state index in [4.69, 9.17) is 5.73 Å². The molecule has 0 amide bonds. The second-order valence-corrected chi connectivity index (χ2v) is 6.21. The highest BCUT2D eigenvalue weighted by Gasteiger charge is 2.02. The van der Waals surface area contributed by atoms with Crippen LogP contribution in [0.2, 0.25) is 0 Å². The first-order valence-electron chi connectivity index (χ1n) is 7.77. The van der Waals surface area contributed by atoms with Crippen LogP contribution in [0.1, 0.15) is 22.3 Å². The Kier molecular flexibility index (Phi) is 7.54. The molecule has 2 aromatic rings. The number of nitrogens with one attached hydrogen (secondary N) is 1. The molecule has 0 bridgehead atoms. The SMILES string of the molecule is Cc1cc(C)cc(NC(N)=NCc2ccc(N(C)C)cc2C)c1.I. The summed E-state index contributed by atoms with van der Waals surface area (Å²) >= 11 is 0. The topological polar surface area (TPSA) is 53.6 Å². The highest BCUT2D eigenvalue weighted by molar-refractivity contribution is 14.0. The first-order chi connectivity index (χ1) is 10.8. The predicted molar refractivity (Wildman–Crippen MR) is 116 cm³/mol. The molecular formula is C19H27IN4. The van der Waals surface area contributed by atoms with Crippen molar-refractivity contribution in [1.29, 1.82) is 0 Å². The molecule has 0 spiro atoms. The lowest BCUT2D eigenvalue weighted by Crippen LogP contribution is -2.22. The number of nitrogens with zero attached hydrogens (tertiary/aromatic N) is 2. The molecule has 0 fully saturated rings. The molecule has 0 unspecified atom stereocenters. The number of hydrogen-bond donors (Lipinski definition) is 2. The van der Waals surface area contributed by atoms with Gasteiger partial charge in [-0.25, -0.2) is 4.99 Å². The van der Waals surface area contributed by atoms with Crippen molar-refractivity contribution in [2.24, 2.45) is 10.7 Å². The van der Waals surface area contributed by atoms with E-state index < -0.39 is 0 Å². The number of anilines is 2. The monoisotopic (exact) mass is 438 g/mol. The fourth-order valence-corrected chi connectivity index (χ4v) is 2.54. The van der Waals surface area contributed by atoms with Gasteiger partial charge in [0.1, 0.15) is 0 Å². The predicted octanol–water partition coefficient (Wildman–Crippen LogP) is 4.22. The zero-order valence-electron chi connectivity index (χ0n) is 15.1. The van der Waals surface area contributed by atoms with Gasteiger partial charge in [-0.3, -0.25) is 0 Å². The standard InChI is InChI=1S/C19H26N4.HI/c1-13-8-14(2)10-17(9-13)22-19(20)21-12-16-6-7-18(23(4)5)11-15(16)3;/h6-11H,12H2,1-5H3,(H3,20,21,22);1H. The molecule has 0 aliphatic heterocycles. The maximum absolute atomic E-state index is 6.01. The average molecular weight is 438 g/mol. The summed E-state index contributed by atoms with van der Waals surface area (Å²) in [6.45, 7) is 6.82. The van der Waals surface area contributed by atoms with Crippen LogP contribution >= 0.6 is 24.0 Å². The first-order valence-corrected chi connectivity index (χ1v) is 7.77. The molecule has 130 valence electrons. The first kappa shape index (κ1) is 20.3. The van der Waals surface area contributed by atoms with E-state index in [2.05, 4.69) is 72.4 Å². The number of halogens is 1. The van der Waals surface area contributed by atoms with Gasteiger partial charge in [0.05, 0.1) is 6.54 Å². The van der Waals surface area contributed by atoms with E-state index in [1.807, 2.05) is 14.1 Å². The Bertz CT molecular complexity index is 703. The van der Waals surface area contributed by atoms with Gasteiger partial charge < -0.3 is 16.0 Å². The highest BCUT2D eigenvalue weighted by Crippen LogP contribution is 2.18. The lowest BCUT2D eigenvalue weighted by atomic mass is 10.1. The van der Waals surface area contributed by atoms with Gasteiger partial charge in [0.25, 0.3) is 0 Å². The zero-order chi connectivity index (χ0) is 17.0. The smallest absolute Gasteiger partial charge is 0.193 e. The van der Waals surface area contributed by atoms with Crippen molar-refractivity contribution in [3.63, 3.8) is 0 Å². The summed E-state index contributed by atoms with van der Waals surface area (Å²) in [6, 6.07) is 12.6. The fourth-order valence-electron chi connectivity index (χ4n) is 2.54. The molecule has 5 heteroatoms. The average Bonchev–Trinajstić information content (AvgIpc) is 2.44. The Morgan fingerprint density at radius 3 is 2.21 bits per heavy atom. The molecule has 4 nitrogen and oxygen atoms in total. The number of nitrogens with two attached hydrogens (primary N) is 1. The van der Waals surface area contributed by atoms with Gasteiger partial charge in [-0.2, -0.15) is 0 Å². The number of benzene rings is 2. The van der Waals surface area contributed by atoms with E-state index in [1.165, 1.54) is 27.9 Å². The van der Waals surface area contributed by atoms with E-state index in [1.54, 1.807) is 0 Å². The van der Waals surface area contributed by atoms with Crippen molar-refractivity contribution < 1.29 is 0 Å². The minimum absolute atomic E-state index is 0. The second kappa shape index (κ2) is 8.92. The molecule has 0 heterocycles. The molecular weight excluding hydrogens is 411 g/mol. The summed E-state index contributed by atoms with van der Waals surface area (Å²) in [4.78, 5) is 6.55. The third-order valence-electron chi connectivity index (χ3n) is 3.76. The van der Waals surface area contributed by atoms with Crippen LogP contribution in [0.25, 0.3) is 0 Å². The van der Waals surface area contributed by atoms with Gasteiger partial charge in [0, 0.05) is 25.5 Å². The molecule has 0 aromatic heterocycles. The van der Waals surface area contributed by atoms with E-state index >= 15 is 0 Å². The van der Waals surface area contributed by atoms with E-state index in [0.717, 1.165) is 5.69 Å². The molecule has 0 aliphatic carbocycles. The number of guanidine groups is 1. The highest BCUT2D eigenvalue weighted by atomic mass is 127. The van der Waals surface area contributed by atoms with Gasteiger partial charge >= 0.3 is 0 Å². The van der Waals surface area contributed by atoms with Crippen LogP contribution in [0.5, 0.6) is 0 Å². The molecule has 2 aromatic carbocycles. The largest absolute Gasteiger partial charge is 0.378 e. The summed E-state index contributed by atoms with van der Waals surface area (Å²) in [6.07, 6.45) is 0. The lowest BCUT2D eigenvalue weighted by Gasteiger charge is -2.14. The van der Waals surface area contributed by atoms with Crippen LogP contribution in [0.15, 0.2) is 41.4 Å². The van der Waals surface area contributed by atoms with Crippen LogP contribution in [0.3, 0.4) is 0 Å². The summed E-state index contributed by atoms with van der Waals surface area (Å²) in [5.74, 6) is 0.436. The second-order valence-electron chi connectivity index (χ2n) is 6.21. The summed E-state index contributed by atoms with van der Waals surface area (Å²) < 4.78 is 0. The quantitative estimate of drug-likeness (QED) is 0.427. The Hall–Kier alpha value is -1.76. The molecule has 0 atom stereocenters. The van der Waals surface area contributed by atoms with Gasteiger partial charge in [0.2, 0.25) is 0 Å². The zero-order valence-corrected chi connectivity index (χ0v) is 17.4. The van der Waals surface area contributed by atoms with Gasteiger partial charge in [-0.15, -0.1) is 24.0 Å². The lowest BCUT2D eigenvalue weighted by molar-refractivity contribution is 1.03. The van der Waals surface area contributed by atoms with Crippen molar-refractivity contribution in [3.8, 4) is 0 Å². The number of rotatable bonds is 4.